The van der Waals surface area contributed by atoms with Gasteiger partial charge in [-0.2, -0.15) is 0 Å². The molecule has 2 N–H and O–H groups in total. The maximum atomic E-state index is 12.5. The van der Waals surface area contributed by atoms with E-state index in [4.69, 9.17) is 0 Å². The minimum atomic E-state index is -0.119. The molecule has 2 aliphatic rings. The van der Waals surface area contributed by atoms with Crippen LogP contribution in [0.3, 0.4) is 0 Å². The Kier molecular flexibility index (Phi) is 5.56. The Morgan fingerprint density at radius 1 is 0.963 bits per heavy atom. The van der Waals surface area contributed by atoms with Gasteiger partial charge in [0.1, 0.15) is 0 Å². The Balaban J connectivity index is 1.31. The summed E-state index contributed by atoms with van der Waals surface area (Å²) in [5.41, 5.74) is 2.22. The van der Waals surface area contributed by atoms with Gasteiger partial charge in [0.05, 0.1) is 5.69 Å². The number of rotatable bonds is 4. The van der Waals surface area contributed by atoms with Crippen molar-refractivity contribution in [1.82, 2.24) is 10.3 Å². The molecule has 0 unspecified atom stereocenters. The van der Waals surface area contributed by atoms with Crippen molar-refractivity contribution in [3.05, 3.63) is 54.2 Å². The molecule has 1 aromatic carbocycles. The first kappa shape index (κ1) is 17.8. The van der Waals surface area contributed by atoms with Crippen molar-refractivity contribution in [2.45, 2.75) is 50.5 Å². The zero-order valence-corrected chi connectivity index (χ0v) is 15.7. The highest BCUT2D eigenvalue weighted by atomic mass is 16.2. The molecule has 5 nitrogen and oxygen atoms in total. The molecule has 142 valence electrons. The Labute approximate surface area is 161 Å². The molecule has 1 saturated carbocycles. The van der Waals surface area contributed by atoms with E-state index in [0.717, 1.165) is 50.3 Å². The molecule has 1 aliphatic carbocycles. The highest BCUT2D eigenvalue weighted by Gasteiger charge is 2.24. The molecule has 0 spiro atoms. The van der Waals surface area contributed by atoms with Gasteiger partial charge < -0.3 is 15.5 Å². The van der Waals surface area contributed by atoms with Gasteiger partial charge in [-0.25, -0.2) is 9.78 Å². The molecule has 27 heavy (non-hydrogen) atoms. The zero-order chi connectivity index (χ0) is 18.5. The van der Waals surface area contributed by atoms with Crippen molar-refractivity contribution >= 4 is 17.5 Å². The van der Waals surface area contributed by atoms with E-state index in [0.29, 0.717) is 5.92 Å². The quantitative estimate of drug-likeness (QED) is 0.838. The summed E-state index contributed by atoms with van der Waals surface area (Å²) >= 11 is 0. The Morgan fingerprint density at radius 2 is 1.70 bits per heavy atom. The van der Waals surface area contributed by atoms with Crippen molar-refractivity contribution < 1.29 is 4.79 Å². The maximum absolute atomic E-state index is 12.5. The summed E-state index contributed by atoms with van der Waals surface area (Å²) in [7, 11) is 0. The second-order valence-electron chi connectivity index (χ2n) is 7.63. The Hall–Kier alpha value is -2.56. The van der Waals surface area contributed by atoms with Crippen LogP contribution in [0.15, 0.2) is 48.7 Å². The van der Waals surface area contributed by atoms with Crippen LogP contribution in [0.4, 0.5) is 16.3 Å². The zero-order valence-electron chi connectivity index (χ0n) is 15.7. The summed E-state index contributed by atoms with van der Waals surface area (Å²) in [5, 5.41) is 6.18. The molecule has 2 amide bonds. The van der Waals surface area contributed by atoms with Gasteiger partial charge in [0.25, 0.3) is 0 Å². The third kappa shape index (κ3) is 4.41. The van der Waals surface area contributed by atoms with Crippen molar-refractivity contribution in [3.63, 3.8) is 0 Å². The summed E-state index contributed by atoms with van der Waals surface area (Å²) in [6.45, 7) is 2.02. The number of pyridine rings is 1. The largest absolute Gasteiger partial charge is 0.355 e. The predicted molar refractivity (Wildman–Crippen MR) is 109 cm³/mol. The molecule has 2 heterocycles. The first-order valence-corrected chi connectivity index (χ1v) is 10.1. The lowest BCUT2D eigenvalue weighted by Crippen LogP contribution is -2.40. The lowest BCUT2D eigenvalue weighted by molar-refractivity contribution is 0.242. The topological polar surface area (TPSA) is 57.3 Å². The molecule has 4 rings (SSSR count). The van der Waals surface area contributed by atoms with Gasteiger partial charge in [0, 0.05) is 25.3 Å². The number of amides is 2. The Bertz CT molecular complexity index is 750. The fourth-order valence-electron chi connectivity index (χ4n) is 4.32. The molecule has 0 radical (unpaired) electrons. The van der Waals surface area contributed by atoms with E-state index >= 15 is 0 Å². The molecule has 2 fully saturated rings. The molecule has 0 bridgehead atoms. The predicted octanol–water partition coefficient (Wildman–Crippen LogP) is 4.53. The highest BCUT2D eigenvalue weighted by molar-refractivity contribution is 5.92. The lowest BCUT2D eigenvalue weighted by atomic mass is 9.82. The van der Waals surface area contributed by atoms with E-state index in [1.54, 1.807) is 6.20 Å². The third-order valence-electron chi connectivity index (χ3n) is 5.77. The second-order valence-corrected chi connectivity index (χ2v) is 7.63. The van der Waals surface area contributed by atoms with Crippen LogP contribution in [-0.4, -0.2) is 30.1 Å². The number of aromatic nitrogens is 1. The third-order valence-corrected chi connectivity index (χ3v) is 5.77. The number of benzene rings is 1. The second kappa shape index (κ2) is 8.42. The smallest absolute Gasteiger partial charge is 0.319 e. The van der Waals surface area contributed by atoms with E-state index < -0.39 is 0 Å². The van der Waals surface area contributed by atoms with Gasteiger partial charge in [0.2, 0.25) is 0 Å². The summed E-state index contributed by atoms with van der Waals surface area (Å²) in [6, 6.07) is 14.7. The fraction of sp³-hybridized carbons (Fsp3) is 0.455. The number of hydrogen-bond donors (Lipinski definition) is 2. The molecule has 1 aliphatic heterocycles. The van der Waals surface area contributed by atoms with Crippen molar-refractivity contribution in [1.29, 1.82) is 0 Å². The number of nitrogens with one attached hydrogen (secondary N) is 2. The molecule has 1 aromatic heterocycles. The molecular weight excluding hydrogens is 336 g/mol. The Morgan fingerprint density at radius 3 is 2.44 bits per heavy atom. The van der Waals surface area contributed by atoms with E-state index in [-0.39, 0.29) is 12.1 Å². The highest BCUT2D eigenvalue weighted by Crippen LogP contribution is 2.33. The van der Waals surface area contributed by atoms with Crippen LogP contribution in [0.5, 0.6) is 0 Å². The van der Waals surface area contributed by atoms with Crippen LogP contribution in [0.25, 0.3) is 0 Å². The molecule has 5 heteroatoms. The monoisotopic (exact) mass is 364 g/mol. The van der Waals surface area contributed by atoms with Gasteiger partial charge in [0.15, 0.2) is 5.82 Å². The number of carbonyl (C=O) groups excluding carboxylic acids is 1. The number of urea groups is 1. The standard InChI is InChI=1S/C22H28N4O/c27-22(25-20-9-6-14-23-21(20)26-15-4-5-16-26)24-19-12-10-18(11-13-19)17-7-2-1-3-8-17/h1-3,6-9,14,18-19H,4-5,10-13,15-16H2,(H2,24,25,27). The van der Waals surface area contributed by atoms with Gasteiger partial charge in [-0.05, 0) is 62.1 Å². The van der Waals surface area contributed by atoms with Crippen LogP contribution in [-0.2, 0) is 0 Å². The van der Waals surface area contributed by atoms with Gasteiger partial charge in [-0.1, -0.05) is 30.3 Å². The van der Waals surface area contributed by atoms with Crippen LogP contribution >= 0.6 is 0 Å². The van der Waals surface area contributed by atoms with E-state index in [2.05, 4.69) is 50.8 Å². The summed E-state index contributed by atoms with van der Waals surface area (Å²) < 4.78 is 0. The minimum absolute atomic E-state index is 0.119. The first-order valence-electron chi connectivity index (χ1n) is 10.1. The number of anilines is 2. The SMILES string of the molecule is O=C(Nc1cccnc1N1CCCC1)NC1CCC(c2ccccc2)CC1. The summed E-state index contributed by atoms with van der Waals surface area (Å²) in [6.07, 6.45) is 8.47. The molecule has 2 aromatic rings. The van der Waals surface area contributed by atoms with Crippen molar-refractivity contribution in [2.24, 2.45) is 0 Å². The molecule has 0 atom stereocenters. The average Bonchev–Trinajstić information content (AvgIpc) is 3.24. The van der Waals surface area contributed by atoms with Gasteiger partial charge in [-0.3, -0.25) is 0 Å². The summed E-state index contributed by atoms with van der Waals surface area (Å²) in [5.74, 6) is 1.50. The van der Waals surface area contributed by atoms with Crippen LogP contribution in [0, 0.1) is 0 Å². The molecular formula is C22H28N4O. The average molecular weight is 364 g/mol. The van der Waals surface area contributed by atoms with Gasteiger partial charge >= 0.3 is 6.03 Å². The summed E-state index contributed by atoms with van der Waals surface area (Å²) in [4.78, 5) is 19.3. The molecule has 1 saturated heterocycles. The van der Waals surface area contributed by atoms with Crippen LogP contribution < -0.4 is 15.5 Å². The van der Waals surface area contributed by atoms with Crippen LogP contribution in [0.2, 0.25) is 0 Å². The first-order chi connectivity index (χ1) is 13.3. The minimum Gasteiger partial charge on any atom is -0.355 e. The van der Waals surface area contributed by atoms with E-state index in [9.17, 15) is 4.79 Å². The lowest BCUT2D eigenvalue weighted by Gasteiger charge is -2.29. The fourth-order valence-corrected chi connectivity index (χ4v) is 4.32. The van der Waals surface area contributed by atoms with E-state index in [1.807, 2.05) is 12.1 Å². The van der Waals surface area contributed by atoms with Gasteiger partial charge in [-0.15, -0.1) is 0 Å². The van der Waals surface area contributed by atoms with Crippen molar-refractivity contribution in [2.75, 3.05) is 23.3 Å². The van der Waals surface area contributed by atoms with E-state index in [1.165, 1.54) is 18.4 Å². The number of carbonyl (C=O) groups is 1. The normalized spacial score (nSPS) is 22.4. The number of hydrogen-bond acceptors (Lipinski definition) is 3. The number of nitrogens with zero attached hydrogens (tertiary/aromatic N) is 2. The maximum Gasteiger partial charge on any atom is 0.319 e. The van der Waals surface area contributed by atoms with Crippen molar-refractivity contribution in [3.8, 4) is 0 Å². The van der Waals surface area contributed by atoms with Crippen LogP contribution in [0.1, 0.15) is 50.0 Å².